The fourth-order valence-corrected chi connectivity index (χ4v) is 2.64. The van der Waals surface area contributed by atoms with Crippen molar-refractivity contribution >= 4 is 22.9 Å². The van der Waals surface area contributed by atoms with E-state index in [0.717, 1.165) is 9.56 Å². The van der Waals surface area contributed by atoms with Gasteiger partial charge in [-0.1, -0.05) is 6.07 Å². The number of aryl methyl sites for hydroxylation is 1. The van der Waals surface area contributed by atoms with Crippen LogP contribution in [0.4, 0.5) is 5.69 Å². The fourth-order valence-electron chi connectivity index (χ4n) is 1.94. The van der Waals surface area contributed by atoms with Crippen LogP contribution in [0.25, 0.3) is 5.69 Å². The number of hydrogen-bond donors (Lipinski definition) is 1. The van der Waals surface area contributed by atoms with Gasteiger partial charge in [-0.05, 0) is 46.1 Å². The zero-order valence-electron chi connectivity index (χ0n) is 11.8. The first-order valence-corrected chi connectivity index (χ1v) is 7.43. The molecular formula is C14H13N5O2S. The van der Waals surface area contributed by atoms with Crippen LogP contribution in [0.1, 0.15) is 4.88 Å². The molecule has 0 atom stereocenters. The molecule has 0 radical (unpaired) electrons. The van der Waals surface area contributed by atoms with Crippen molar-refractivity contribution < 1.29 is 4.79 Å². The van der Waals surface area contributed by atoms with Crippen molar-refractivity contribution in [2.45, 2.75) is 6.42 Å². The lowest BCUT2D eigenvalue weighted by Crippen LogP contribution is -2.21. The van der Waals surface area contributed by atoms with Crippen LogP contribution in [0.5, 0.6) is 0 Å². The van der Waals surface area contributed by atoms with E-state index in [4.69, 9.17) is 0 Å². The summed E-state index contributed by atoms with van der Waals surface area (Å²) in [6.45, 7) is 0. The van der Waals surface area contributed by atoms with Gasteiger partial charge in [0, 0.05) is 17.6 Å². The van der Waals surface area contributed by atoms with E-state index in [9.17, 15) is 9.59 Å². The van der Waals surface area contributed by atoms with E-state index < -0.39 is 0 Å². The minimum absolute atomic E-state index is 0.0770. The SMILES string of the molecule is Cn1nnn(-c2ccc(NC(=O)Cc3cccs3)cc2)c1=O. The summed E-state index contributed by atoms with van der Waals surface area (Å²) in [6, 6.07) is 10.7. The number of hydrogen-bond acceptors (Lipinski definition) is 5. The lowest BCUT2D eigenvalue weighted by Gasteiger charge is -2.05. The molecule has 1 aromatic carbocycles. The zero-order valence-corrected chi connectivity index (χ0v) is 12.6. The third-order valence-corrected chi connectivity index (χ3v) is 3.91. The first-order chi connectivity index (χ1) is 10.6. The molecule has 0 aliphatic heterocycles. The number of carbonyl (C=O) groups excluding carboxylic acids is 1. The maximum atomic E-state index is 11.9. The molecule has 0 unspecified atom stereocenters. The molecule has 3 aromatic rings. The average molecular weight is 315 g/mol. The second-order valence-electron chi connectivity index (χ2n) is 4.65. The summed E-state index contributed by atoms with van der Waals surface area (Å²) in [5, 5.41) is 12.2. The number of aromatic nitrogens is 4. The Kier molecular flexibility index (Phi) is 3.84. The Hall–Kier alpha value is -2.74. The third kappa shape index (κ3) is 2.96. The summed E-state index contributed by atoms with van der Waals surface area (Å²) in [6.07, 6.45) is 0.350. The quantitative estimate of drug-likeness (QED) is 0.784. The van der Waals surface area contributed by atoms with Crippen LogP contribution in [-0.2, 0) is 18.3 Å². The summed E-state index contributed by atoms with van der Waals surface area (Å²) < 4.78 is 2.34. The molecule has 3 rings (SSSR count). The van der Waals surface area contributed by atoms with Crippen molar-refractivity contribution in [2.24, 2.45) is 7.05 Å². The van der Waals surface area contributed by atoms with Crippen molar-refractivity contribution in [3.8, 4) is 5.69 Å². The average Bonchev–Trinajstić information content (AvgIpc) is 3.12. The Labute approximate surface area is 129 Å². The number of amides is 1. The van der Waals surface area contributed by atoms with Crippen molar-refractivity contribution in [3.05, 3.63) is 57.1 Å². The van der Waals surface area contributed by atoms with E-state index >= 15 is 0 Å². The number of nitrogens with one attached hydrogen (secondary N) is 1. The van der Waals surface area contributed by atoms with Gasteiger partial charge in [0.05, 0.1) is 12.1 Å². The molecule has 2 heterocycles. The molecular weight excluding hydrogens is 302 g/mol. The van der Waals surface area contributed by atoms with Gasteiger partial charge >= 0.3 is 5.69 Å². The molecule has 0 aliphatic carbocycles. The van der Waals surface area contributed by atoms with Crippen molar-refractivity contribution in [1.29, 1.82) is 0 Å². The second kappa shape index (κ2) is 5.94. The third-order valence-electron chi connectivity index (χ3n) is 3.03. The molecule has 1 amide bonds. The molecule has 0 fully saturated rings. The highest BCUT2D eigenvalue weighted by Crippen LogP contribution is 2.13. The number of nitrogens with zero attached hydrogens (tertiary/aromatic N) is 4. The Morgan fingerprint density at radius 2 is 2.00 bits per heavy atom. The molecule has 112 valence electrons. The summed E-state index contributed by atoms with van der Waals surface area (Å²) in [5.41, 5.74) is 0.936. The minimum Gasteiger partial charge on any atom is -0.326 e. The summed E-state index contributed by atoms with van der Waals surface area (Å²) in [4.78, 5) is 24.7. The highest BCUT2D eigenvalue weighted by atomic mass is 32.1. The van der Waals surface area contributed by atoms with Crippen molar-refractivity contribution in [2.75, 3.05) is 5.32 Å². The highest BCUT2D eigenvalue weighted by Gasteiger charge is 2.07. The molecule has 2 aromatic heterocycles. The Morgan fingerprint density at radius 3 is 2.59 bits per heavy atom. The molecule has 0 aliphatic rings. The van der Waals surface area contributed by atoms with E-state index in [1.165, 1.54) is 11.7 Å². The topological polar surface area (TPSA) is 81.8 Å². The highest BCUT2D eigenvalue weighted by molar-refractivity contribution is 7.10. The van der Waals surface area contributed by atoms with Gasteiger partial charge in [0.1, 0.15) is 0 Å². The molecule has 0 spiro atoms. The van der Waals surface area contributed by atoms with Crippen LogP contribution in [0, 0.1) is 0 Å². The van der Waals surface area contributed by atoms with Gasteiger partial charge in [-0.3, -0.25) is 4.79 Å². The summed E-state index contributed by atoms with van der Waals surface area (Å²) in [5.74, 6) is -0.0770. The fraction of sp³-hybridized carbons (Fsp3) is 0.143. The predicted molar refractivity (Wildman–Crippen MR) is 83.3 cm³/mol. The normalized spacial score (nSPS) is 10.6. The van der Waals surface area contributed by atoms with Crippen molar-refractivity contribution in [1.82, 2.24) is 19.8 Å². The lowest BCUT2D eigenvalue weighted by atomic mass is 10.2. The number of tetrazole rings is 1. The summed E-state index contributed by atoms with van der Waals surface area (Å²) in [7, 11) is 1.53. The maximum absolute atomic E-state index is 11.9. The van der Waals surface area contributed by atoms with Gasteiger partial charge in [-0.2, -0.15) is 9.36 Å². The van der Waals surface area contributed by atoms with Crippen LogP contribution < -0.4 is 11.0 Å². The van der Waals surface area contributed by atoms with E-state index in [1.807, 2.05) is 17.5 Å². The Balaban J connectivity index is 1.70. The number of anilines is 1. The standard InChI is InChI=1S/C14H13N5O2S/c1-18-14(21)19(17-16-18)11-6-4-10(5-7-11)15-13(20)9-12-3-2-8-22-12/h2-8H,9H2,1H3,(H,15,20). The molecule has 0 saturated heterocycles. The zero-order chi connectivity index (χ0) is 15.5. The van der Waals surface area contributed by atoms with Gasteiger partial charge in [-0.25, -0.2) is 4.79 Å². The van der Waals surface area contributed by atoms with E-state index in [1.54, 1.807) is 35.6 Å². The molecule has 7 nitrogen and oxygen atoms in total. The van der Waals surface area contributed by atoms with Gasteiger partial charge in [0.15, 0.2) is 0 Å². The first-order valence-electron chi connectivity index (χ1n) is 6.55. The van der Waals surface area contributed by atoms with Gasteiger partial charge in [0.25, 0.3) is 0 Å². The summed E-state index contributed by atoms with van der Waals surface area (Å²) >= 11 is 1.55. The molecule has 1 N–H and O–H groups in total. The molecule has 0 saturated carbocycles. The van der Waals surface area contributed by atoms with Crippen LogP contribution in [-0.4, -0.2) is 25.7 Å². The number of carbonyl (C=O) groups is 1. The lowest BCUT2D eigenvalue weighted by molar-refractivity contribution is -0.115. The smallest absolute Gasteiger partial charge is 0.326 e. The molecule has 22 heavy (non-hydrogen) atoms. The number of benzene rings is 1. The van der Waals surface area contributed by atoms with Crippen LogP contribution in [0.2, 0.25) is 0 Å². The number of thiophene rings is 1. The van der Waals surface area contributed by atoms with Crippen LogP contribution in [0.3, 0.4) is 0 Å². The van der Waals surface area contributed by atoms with Gasteiger partial charge in [0.2, 0.25) is 5.91 Å². The van der Waals surface area contributed by atoms with Crippen LogP contribution >= 0.6 is 11.3 Å². The predicted octanol–water partition coefficient (Wildman–Crippen LogP) is 1.21. The Morgan fingerprint density at radius 1 is 1.23 bits per heavy atom. The van der Waals surface area contributed by atoms with E-state index in [-0.39, 0.29) is 11.6 Å². The van der Waals surface area contributed by atoms with Gasteiger partial charge in [-0.15, -0.1) is 11.3 Å². The number of rotatable bonds is 4. The first kappa shape index (κ1) is 14.2. The molecule has 8 heteroatoms. The monoisotopic (exact) mass is 315 g/mol. The minimum atomic E-state index is -0.325. The maximum Gasteiger partial charge on any atom is 0.368 e. The second-order valence-corrected chi connectivity index (χ2v) is 5.68. The Bertz CT molecular complexity index is 833. The van der Waals surface area contributed by atoms with Crippen molar-refractivity contribution in [3.63, 3.8) is 0 Å². The van der Waals surface area contributed by atoms with E-state index in [2.05, 4.69) is 15.7 Å². The van der Waals surface area contributed by atoms with E-state index in [0.29, 0.717) is 17.8 Å². The van der Waals surface area contributed by atoms with Gasteiger partial charge < -0.3 is 5.32 Å². The molecule has 0 bridgehead atoms. The largest absolute Gasteiger partial charge is 0.368 e. The van der Waals surface area contributed by atoms with Crippen LogP contribution in [0.15, 0.2) is 46.6 Å².